The minimum atomic E-state index is 0.789. The van der Waals surface area contributed by atoms with E-state index in [4.69, 9.17) is 18.8 Å². The number of furan rings is 2. The first-order valence-corrected chi connectivity index (χ1v) is 23.4. The number of aromatic nitrogens is 9. The molecular formula is C60H33N9O2. The Labute approximate surface area is 401 Å². The molecule has 0 amide bonds. The molecule has 0 bridgehead atoms. The fraction of sp³-hybridized carbons (Fsp3) is 0. The van der Waals surface area contributed by atoms with E-state index in [0.29, 0.717) is 0 Å². The monoisotopic (exact) mass is 911 g/mol. The maximum Gasteiger partial charge on any atom is 0.159 e. The van der Waals surface area contributed by atoms with Crippen LogP contribution in [0.1, 0.15) is 0 Å². The van der Waals surface area contributed by atoms with Crippen LogP contribution in [-0.4, -0.2) is 43.6 Å². The topological polar surface area (TPSA) is 118 Å². The first kappa shape index (κ1) is 38.0. The number of benzene rings is 7. The van der Waals surface area contributed by atoms with Crippen LogP contribution >= 0.6 is 0 Å². The van der Waals surface area contributed by atoms with Gasteiger partial charge in [-0.05, 0) is 102 Å². The molecule has 0 aliphatic rings. The third-order valence-electron chi connectivity index (χ3n) is 14.3. The third-order valence-corrected chi connectivity index (χ3v) is 14.3. The molecule has 0 saturated heterocycles. The molecule has 16 aromatic rings. The molecule has 11 nitrogen and oxygen atoms in total. The van der Waals surface area contributed by atoms with Crippen LogP contribution in [-0.2, 0) is 0 Å². The molecule has 0 aliphatic carbocycles. The summed E-state index contributed by atoms with van der Waals surface area (Å²) in [7, 11) is 0. The lowest BCUT2D eigenvalue weighted by Crippen LogP contribution is -1.95. The summed E-state index contributed by atoms with van der Waals surface area (Å²) in [5, 5.41) is 9.40. The Morgan fingerprint density at radius 2 is 1.00 bits per heavy atom. The van der Waals surface area contributed by atoms with Gasteiger partial charge in [0.1, 0.15) is 35.1 Å². The second-order valence-electron chi connectivity index (χ2n) is 18.0. The number of hydrogen-bond acceptors (Lipinski definition) is 8. The molecule has 330 valence electrons. The molecule has 0 spiro atoms. The zero-order valence-electron chi connectivity index (χ0n) is 37.4. The Bertz CT molecular complexity index is 4850. The molecule has 71 heavy (non-hydrogen) atoms. The van der Waals surface area contributed by atoms with Gasteiger partial charge in [-0.2, -0.15) is 0 Å². The van der Waals surface area contributed by atoms with E-state index in [2.05, 4.69) is 179 Å². The van der Waals surface area contributed by atoms with Crippen LogP contribution in [0.15, 0.2) is 210 Å². The number of para-hydroxylation sites is 3. The molecule has 0 aliphatic heterocycles. The highest BCUT2D eigenvalue weighted by molar-refractivity contribution is 6.16. The average Bonchev–Trinajstić information content (AvgIpc) is 4.24. The van der Waals surface area contributed by atoms with E-state index in [0.717, 1.165) is 149 Å². The van der Waals surface area contributed by atoms with Crippen LogP contribution in [0.2, 0.25) is 0 Å². The van der Waals surface area contributed by atoms with Crippen LogP contribution in [0.25, 0.3) is 149 Å². The van der Waals surface area contributed by atoms with Gasteiger partial charge in [-0.25, -0.2) is 19.9 Å². The fourth-order valence-electron chi connectivity index (χ4n) is 11.2. The molecule has 0 N–H and O–H groups in total. The van der Waals surface area contributed by atoms with E-state index in [1.807, 2.05) is 43.2 Å². The molecule has 7 aromatic carbocycles. The highest BCUT2D eigenvalue weighted by Gasteiger charge is 2.22. The van der Waals surface area contributed by atoms with Crippen molar-refractivity contribution in [2.45, 2.75) is 0 Å². The van der Waals surface area contributed by atoms with E-state index in [1.54, 1.807) is 12.7 Å². The third kappa shape index (κ3) is 5.36. The van der Waals surface area contributed by atoms with Crippen LogP contribution in [0, 0.1) is 0 Å². The normalized spacial score (nSPS) is 12.2. The van der Waals surface area contributed by atoms with Crippen molar-refractivity contribution >= 4 is 110 Å². The highest BCUT2D eigenvalue weighted by atomic mass is 16.3. The first-order valence-electron chi connectivity index (χ1n) is 23.4. The standard InChI is InChI=1S/C60H33N9O2/c1-2-6-37(7-3-1)67-50-16-12-34(25-47(50)57-54(67)31-64-32-65-57)35-14-18-55-45(24-35)42-9-4-8-39(58(42)70-55)36-13-17-49-44(26-36)48-28-63-33-66-60(48)68(49)38-15-19-56-46(27-38)43-10-5-11-51(59(43)71-56)69-52-29-61-22-20-40(52)41-21-23-62-30-53(41)69/h1-33H. The number of fused-ring (bicyclic) bond motifs is 15. The van der Waals surface area contributed by atoms with Gasteiger partial charge in [0.25, 0.3) is 0 Å². The van der Waals surface area contributed by atoms with Crippen molar-refractivity contribution in [1.29, 1.82) is 0 Å². The number of rotatable bonds is 5. The fourth-order valence-corrected chi connectivity index (χ4v) is 11.2. The average molecular weight is 912 g/mol. The minimum absolute atomic E-state index is 0.789. The highest BCUT2D eigenvalue weighted by Crippen LogP contribution is 2.43. The van der Waals surface area contributed by atoms with Gasteiger partial charge in [-0.1, -0.05) is 66.7 Å². The molecule has 0 fully saturated rings. The molecular weight excluding hydrogens is 879 g/mol. The molecule has 0 atom stereocenters. The molecule has 0 unspecified atom stereocenters. The van der Waals surface area contributed by atoms with E-state index in [1.165, 1.54) is 0 Å². The Kier molecular flexibility index (Phi) is 7.64. The maximum absolute atomic E-state index is 6.76. The summed E-state index contributed by atoms with van der Waals surface area (Å²) in [6.45, 7) is 0. The lowest BCUT2D eigenvalue weighted by atomic mass is 9.99. The van der Waals surface area contributed by atoms with Crippen LogP contribution in [0.5, 0.6) is 0 Å². The zero-order valence-corrected chi connectivity index (χ0v) is 37.4. The summed E-state index contributed by atoms with van der Waals surface area (Å²) in [6.07, 6.45) is 14.5. The Morgan fingerprint density at radius 3 is 1.83 bits per heavy atom. The number of hydrogen-bond donors (Lipinski definition) is 0. The second-order valence-corrected chi connectivity index (χ2v) is 18.0. The van der Waals surface area contributed by atoms with Gasteiger partial charge < -0.3 is 18.0 Å². The van der Waals surface area contributed by atoms with Crippen LogP contribution < -0.4 is 0 Å². The van der Waals surface area contributed by atoms with Gasteiger partial charge in [0.05, 0.1) is 57.4 Å². The summed E-state index contributed by atoms with van der Waals surface area (Å²) in [5.74, 6) is 0. The first-order chi connectivity index (χ1) is 35.2. The Morgan fingerprint density at radius 1 is 0.352 bits per heavy atom. The van der Waals surface area contributed by atoms with Gasteiger partial charge >= 0.3 is 0 Å². The SMILES string of the molecule is c1ccc(-n2c3ccc(-c4ccc5oc6c(-c7ccc8c(c7)c7cncnc7n8-c7ccc8oc9c(-n%10c%11cnccc%11c%11ccncc%11%10)cccc9c8c7)cccc6c5c4)cc3c3ncncc32)cc1. The summed E-state index contributed by atoms with van der Waals surface area (Å²) in [6, 6.07) is 53.2. The predicted molar refractivity (Wildman–Crippen MR) is 282 cm³/mol. The second kappa shape index (κ2) is 14.3. The largest absolute Gasteiger partial charge is 0.455 e. The molecule has 9 heterocycles. The van der Waals surface area contributed by atoms with Gasteiger partial charge in [0, 0.05) is 84.0 Å². The summed E-state index contributed by atoms with van der Waals surface area (Å²) < 4.78 is 20.1. The van der Waals surface area contributed by atoms with E-state index >= 15 is 0 Å². The Balaban J connectivity index is 0.807. The van der Waals surface area contributed by atoms with Crippen molar-refractivity contribution < 1.29 is 8.83 Å². The quantitative estimate of drug-likeness (QED) is 0.167. The van der Waals surface area contributed by atoms with E-state index in [9.17, 15) is 0 Å². The number of nitrogens with zero attached hydrogens (tertiary/aromatic N) is 9. The molecule has 9 aromatic heterocycles. The van der Waals surface area contributed by atoms with Crippen molar-refractivity contribution in [1.82, 2.24) is 43.6 Å². The maximum atomic E-state index is 6.76. The lowest BCUT2D eigenvalue weighted by Gasteiger charge is -2.08. The zero-order chi connectivity index (χ0) is 46.3. The lowest BCUT2D eigenvalue weighted by molar-refractivity contribution is 0.666. The van der Waals surface area contributed by atoms with Crippen molar-refractivity contribution in [2.24, 2.45) is 0 Å². The summed E-state index contributed by atoms with van der Waals surface area (Å²) in [4.78, 5) is 27.5. The van der Waals surface area contributed by atoms with E-state index < -0.39 is 0 Å². The van der Waals surface area contributed by atoms with Gasteiger partial charge in [0.2, 0.25) is 0 Å². The molecule has 0 saturated carbocycles. The molecule has 16 rings (SSSR count). The van der Waals surface area contributed by atoms with Crippen LogP contribution in [0.3, 0.4) is 0 Å². The smallest absolute Gasteiger partial charge is 0.159 e. The van der Waals surface area contributed by atoms with Crippen molar-refractivity contribution in [3.05, 3.63) is 201 Å². The van der Waals surface area contributed by atoms with Gasteiger partial charge in [-0.15, -0.1) is 0 Å². The summed E-state index contributed by atoms with van der Waals surface area (Å²) in [5.41, 5.74) is 17.2. The van der Waals surface area contributed by atoms with Crippen LogP contribution in [0.4, 0.5) is 0 Å². The van der Waals surface area contributed by atoms with E-state index in [-0.39, 0.29) is 0 Å². The summed E-state index contributed by atoms with van der Waals surface area (Å²) >= 11 is 0. The predicted octanol–water partition coefficient (Wildman–Crippen LogP) is 14.5. The molecule has 0 radical (unpaired) electrons. The van der Waals surface area contributed by atoms with Crippen molar-refractivity contribution in [2.75, 3.05) is 0 Å². The molecule has 11 heteroatoms. The minimum Gasteiger partial charge on any atom is -0.455 e. The Hall–Kier alpha value is -10.0. The van der Waals surface area contributed by atoms with Gasteiger partial charge in [0.15, 0.2) is 5.58 Å². The van der Waals surface area contributed by atoms with Crippen molar-refractivity contribution in [3.63, 3.8) is 0 Å². The van der Waals surface area contributed by atoms with Crippen molar-refractivity contribution in [3.8, 4) is 39.3 Å². The van der Waals surface area contributed by atoms with Gasteiger partial charge in [-0.3, -0.25) is 14.5 Å². The number of pyridine rings is 2.